The highest BCUT2D eigenvalue weighted by Crippen LogP contribution is 2.64. The molecule has 1 aromatic carbocycles. The van der Waals surface area contributed by atoms with Gasteiger partial charge in [0.05, 0.1) is 11.5 Å². The standard InChI is InChI=1S/C12H9Cl2F3O/c1-6-2-7(4-8(3-6)12(15,16)17)10-9(5-18)11(10,13)14/h2-5,9-10H,1H3/t9-,10-/m1/s1. The molecule has 1 aliphatic carbocycles. The van der Waals surface area contributed by atoms with Crippen LogP contribution in [0.3, 0.4) is 0 Å². The first kappa shape index (κ1) is 13.7. The Labute approximate surface area is 112 Å². The van der Waals surface area contributed by atoms with Crippen molar-refractivity contribution < 1.29 is 18.0 Å². The predicted molar refractivity (Wildman–Crippen MR) is 62.9 cm³/mol. The van der Waals surface area contributed by atoms with Crippen molar-refractivity contribution in [2.75, 3.05) is 0 Å². The van der Waals surface area contributed by atoms with Gasteiger partial charge in [0.15, 0.2) is 0 Å². The van der Waals surface area contributed by atoms with E-state index in [1.165, 1.54) is 0 Å². The summed E-state index contributed by atoms with van der Waals surface area (Å²) < 4.78 is 36.7. The largest absolute Gasteiger partial charge is 0.416 e. The van der Waals surface area contributed by atoms with Crippen LogP contribution in [0.15, 0.2) is 18.2 Å². The molecule has 2 atom stereocenters. The topological polar surface area (TPSA) is 17.1 Å². The number of halogens is 5. The third-order valence-corrected chi connectivity index (χ3v) is 4.02. The van der Waals surface area contributed by atoms with Crippen LogP contribution in [0.1, 0.15) is 22.6 Å². The molecule has 0 bridgehead atoms. The van der Waals surface area contributed by atoms with Crippen LogP contribution >= 0.6 is 23.2 Å². The van der Waals surface area contributed by atoms with Gasteiger partial charge in [-0.3, -0.25) is 0 Å². The molecule has 1 fully saturated rings. The highest BCUT2D eigenvalue weighted by molar-refractivity contribution is 6.53. The average molecular weight is 297 g/mol. The lowest BCUT2D eigenvalue weighted by Crippen LogP contribution is -2.06. The van der Waals surface area contributed by atoms with Gasteiger partial charge in [-0.05, 0) is 24.6 Å². The third-order valence-electron chi connectivity index (χ3n) is 3.04. The maximum Gasteiger partial charge on any atom is 0.416 e. The van der Waals surface area contributed by atoms with E-state index in [0.717, 1.165) is 12.1 Å². The van der Waals surface area contributed by atoms with E-state index in [-0.39, 0.29) is 0 Å². The lowest BCUT2D eigenvalue weighted by atomic mass is 10.0. The number of hydrogen-bond donors (Lipinski definition) is 0. The molecule has 0 N–H and O–H groups in total. The van der Waals surface area contributed by atoms with Crippen molar-refractivity contribution in [3.05, 3.63) is 34.9 Å². The highest BCUT2D eigenvalue weighted by Gasteiger charge is 2.64. The molecule has 2 rings (SSSR count). The van der Waals surface area contributed by atoms with Crippen molar-refractivity contribution in [1.29, 1.82) is 0 Å². The van der Waals surface area contributed by atoms with Gasteiger partial charge in [0.1, 0.15) is 10.6 Å². The molecule has 1 saturated carbocycles. The fourth-order valence-electron chi connectivity index (χ4n) is 2.11. The molecule has 0 unspecified atom stereocenters. The fourth-order valence-corrected chi connectivity index (χ4v) is 2.86. The predicted octanol–water partition coefficient (Wildman–Crippen LogP) is 4.10. The average Bonchev–Trinajstić information content (AvgIpc) is 2.78. The number of hydrogen-bond acceptors (Lipinski definition) is 1. The summed E-state index contributed by atoms with van der Waals surface area (Å²) in [5.41, 5.74) is 0.0584. The van der Waals surface area contributed by atoms with Gasteiger partial charge in [-0.2, -0.15) is 13.2 Å². The second-order valence-corrected chi connectivity index (χ2v) is 5.89. The summed E-state index contributed by atoms with van der Waals surface area (Å²) in [4.78, 5) is 10.7. The zero-order valence-electron chi connectivity index (χ0n) is 9.26. The van der Waals surface area contributed by atoms with E-state index in [1.54, 1.807) is 13.0 Å². The lowest BCUT2D eigenvalue weighted by molar-refractivity contribution is -0.137. The molecule has 0 amide bonds. The Kier molecular flexibility index (Phi) is 3.14. The normalized spacial score (nSPS) is 25.9. The van der Waals surface area contributed by atoms with Crippen molar-refractivity contribution in [1.82, 2.24) is 0 Å². The highest BCUT2D eigenvalue weighted by atomic mass is 35.5. The van der Waals surface area contributed by atoms with E-state index >= 15 is 0 Å². The Morgan fingerprint density at radius 1 is 1.28 bits per heavy atom. The summed E-state index contributed by atoms with van der Waals surface area (Å²) in [6.45, 7) is 1.56. The van der Waals surface area contributed by atoms with E-state index in [0.29, 0.717) is 17.4 Å². The first-order valence-electron chi connectivity index (χ1n) is 5.20. The number of alkyl halides is 5. The molecule has 0 saturated heterocycles. The van der Waals surface area contributed by atoms with E-state index in [4.69, 9.17) is 23.2 Å². The molecule has 1 aliphatic rings. The number of aryl methyl sites for hydroxylation is 1. The zero-order chi connectivity index (χ0) is 13.7. The maximum absolute atomic E-state index is 12.7. The summed E-state index contributed by atoms with van der Waals surface area (Å²) in [5.74, 6) is -1.22. The van der Waals surface area contributed by atoms with Crippen molar-refractivity contribution in [3.63, 3.8) is 0 Å². The zero-order valence-corrected chi connectivity index (χ0v) is 10.8. The Morgan fingerprint density at radius 3 is 2.33 bits per heavy atom. The fraction of sp³-hybridized carbons (Fsp3) is 0.417. The molecule has 98 valence electrons. The minimum absolute atomic E-state index is 0.351. The van der Waals surface area contributed by atoms with Crippen molar-refractivity contribution in [2.45, 2.75) is 23.4 Å². The van der Waals surface area contributed by atoms with Gasteiger partial charge in [0.25, 0.3) is 0 Å². The third kappa shape index (κ3) is 2.24. The van der Waals surface area contributed by atoms with Crippen molar-refractivity contribution in [2.24, 2.45) is 5.92 Å². The van der Waals surface area contributed by atoms with Gasteiger partial charge >= 0.3 is 6.18 Å². The molecule has 0 radical (unpaired) electrons. The van der Waals surface area contributed by atoms with E-state index in [9.17, 15) is 18.0 Å². The second kappa shape index (κ2) is 4.14. The van der Waals surface area contributed by atoms with Gasteiger partial charge in [-0.1, -0.05) is 11.6 Å². The molecular formula is C12H9Cl2F3O. The number of benzene rings is 1. The Hall–Kier alpha value is -0.740. The maximum atomic E-state index is 12.7. The SMILES string of the molecule is Cc1cc([C@@H]2[C@@H](C=O)C2(Cl)Cl)cc(C(F)(F)F)c1. The minimum atomic E-state index is -4.42. The van der Waals surface area contributed by atoms with E-state index in [2.05, 4.69) is 0 Å². The van der Waals surface area contributed by atoms with E-state index in [1.807, 2.05) is 0 Å². The number of carbonyl (C=O) groups excluding carboxylic acids is 1. The summed E-state index contributed by atoms with van der Waals surface area (Å²) in [5, 5.41) is 0. The molecule has 0 aliphatic heterocycles. The van der Waals surface area contributed by atoms with Crippen LogP contribution in [0.4, 0.5) is 13.2 Å². The van der Waals surface area contributed by atoms with Crippen molar-refractivity contribution in [3.8, 4) is 0 Å². The van der Waals surface area contributed by atoms with Crippen LogP contribution in [0.5, 0.6) is 0 Å². The first-order valence-corrected chi connectivity index (χ1v) is 5.95. The van der Waals surface area contributed by atoms with Gasteiger partial charge in [-0.15, -0.1) is 23.2 Å². The monoisotopic (exact) mass is 296 g/mol. The van der Waals surface area contributed by atoms with Crippen LogP contribution in [0.2, 0.25) is 0 Å². The molecule has 1 aromatic rings. The Balaban J connectivity index is 2.42. The van der Waals surface area contributed by atoms with Crippen LogP contribution < -0.4 is 0 Å². The first-order chi connectivity index (χ1) is 8.17. The Bertz CT molecular complexity index is 497. The summed E-state index contributed by atoms with van der Waals surface area (Å²) in [6, 6.07) is 3.62. The van der Waals surface area contributed by atoms with E-state index < -0.39 is 27.9 Å². The molecule has 0 aromatic heterocycles. The molecule has 1 nitrogen and oxygen atoms in total. The summed E-state index contributed by atoms with van der Waals surface area (Å²) in [6.07, 6.45) is -3.84. The summed E-state index contributed by atoms with van der Waals surface area (Å²) in [7, 11) is 0. The molecule has 0 spiro atoms. The number of rotatable bonds is 2. The van der Waals surface area contributed by atoms with Crippen LogP contribution in [0.25, 0.3) is 0 Å². The van der Waals surface area contributed by atoms with Gasteiger partial charge in [-0.25, -0.2) is 0 Å². The van der Waals surface area contributed by atoms with Crippen LogP contribution in [-0.2, 0) is 11.0 Å². The minimum Gasteiger partial charge on any atom is -0.303 e. The molecule has 18 heavy (non-hydrogen) atoms. The smallest absolute Gasteiger partial charge is 0.303 e. The van der Waals surface area contributed by atoms with Crippen LogP contribution in [0, 0.1) is 12.8 Å². The Morgan fingerprint density at radius 2 is 1.89 bits per heavy atom. The summed E-state index contributed by atoms with van der Waals surface area (Å²) >= 11 is 11.8. The van der Waals surface area contributed by atoms with Gasteiger partial charge in [0, 0.05) is 5.92 Å². The quantitative estimate of drug-likeness (QED) is 0.593. The number of aldehydes is 1. The van der Waals surface area contributed by atoms with Crippen molar-refractivity contribution >= 4 is 29.5 Å². The molecule has 0 heterocycles. The molecule has 6 heteroatoms. The molecular weight excluding hydrogens is 288 g/mol. The lowest BCUT2D eigenvalue weighted by Gasteiger charge is -2.10. The van der Waals surface area contributed by atoms with Gasteiger partial charge < -0.3 is 4.79 Å². The second-order valence-electron chi connectivity index (χ2n) is 4.44. The van der Waals surface area contributed by atoms with Gasteiger partial charge in [0.2, 0.25) is 0 Å². The number of carbonyl (C=O) groups is 1. The van der Waals surface area contributed by atoms with Crippen LogP contribution in [-0.4, -0.2) is 10.6 Å².